The summed E-state index contributed by atoms with van der Waals surface area (Å²) >= 11 is 0. The molecule has 0 saturated heterocycles. The SMILES string of the molecule is CC(C)Cc1ccc(C2CC2CNC2CC2)cc1. The first-order valence-corrected chi connectivity index (χ1v) is 7.54. The van der Waals surface area contributed by atoms with Crippen LogP contribution in [0.25, 0.3) is 0 Å². The summed E-state index contributed by atoms with van der Waals surface area (Å²) in [5, 5.41) is 3.66. The summed E-state index contributed by atoms with van der Waals surface area (Å²) in [7, 11) is 0. The van der Waals surface area contributed by atoms with Crippen molar-refractivity contribution in [3.8, 4) is 0 Å². The summed E-state index contributed by atoms with van der Waals surface area (Å²) in [6, 6.07) is 10.2. The predicted molar refractivity (Wildman–Crippen MR) is 76.9 cm³/mol. The molecule has 0 aliphatic heterocycles. The Hall–Kier alpha value is -0.820. The van der Waals surface area contributed by atoms with Gasteiger partial charge in [-0.1, -0.05) is 38.1 Å². The zero-order valence-corrected chi connectivity index (χ0v) is 11.7. The van der Waals surface area contributed by atoms with Crippen LogP contribution in [-0.2, 0) is 6.42 Å². The van der Waals surface area contributed by atoms with E-state index in [0.717, 1.165) is 23.8 Å². The van der Waals surface area contributed by atoms with Crippen LogP contribution in [0.3, 0.4) is 0 Å². The zero-order valence-electron chi connectivity index (χ0n) is 11.7. The maximum Gasteiger partial charge on any atom is 0.00683 e. The Kier molecular flexibility index (Phi) is 3.43. The van der Waals surface area contributed by atoms with Crippen LogP contribution in [-0.4, -0.2) is 12.6 Å². The molecule has 2 aliphatic carbocycles. The minimum absolute atomic E-state index is 0.757. The summed E-state index contributed by atoms with van der Waals surface area (Å²) < 4.78 is 0. The van der Waals surface area contributed by atoms with Gasteiger partial charge in [-0.2, -0.15) is 0 Å². The smallest absolute Gasteiger partial charge is 0.00683 e. The van der Waals surface area contributed by atoms with E-state index in [2.05, 4.69) is 43.4 Å². The fraction of sp³-hybridized carbons (Fsp3) is 0.647. The largest absolute Gasteiger partial charge is 0.314 e. The van der Waals surface area contributed by atoms with Crippen LogP contribution in [0, 0.1) is 11.8 Å². The Balaban J connectivity index is 1.50. The van der Waals surface area contributed by atoms with E-state index >= 15 is 0 Å². The molecule has 0 bridgehead atoms. The molecule has 0 spiro atoms. The second-order valence-electron chi connectivity index (χ2n) is 6.62. The molecule has 0 radical (unpaired) electrons. The van der Waals surface area contributed by atoms with Crippen LogP contribution in [0.15, 0.2) is 24.3 Å². The molecule has 2 atom stereocenters. The molecule has 18 heavy (non-hydrogen) atoms. The number of nitrogens with one attached hydrogen (secondary N) is 1. The number of hydrogen-bond donors (Lipinski definition) is 1. The van der Waals surface area contributed by atoms with Crippen molar-refractivity contribution in [2.75, 3.05) is 6.54 Å². The predicted octanol–water partition coefficient (Wildman–Crippen LogP) is 3.74. The van der Waals surface area contributed by atoms with Gasteiger partial charge < -0.3 is 5.32 Å². The molecule has 2 aliphatic rings. The second kappa shape index (κ2) is 5.05. The fourth-order valence-corrected chi connectivity index (χ4v) is 2.86. The van der Waals surface area contributed by atoms with Gasteiger partial charge in [0, 0.05) is 6.04 Å². The first kappa shape index (κ1) is 12.2. The topological polar surface area (TPSA) is 12.0 Å². The Morgan fingerprint density at radius 3 is 2.50 bits per heavy atom. The quantitative estimate of drug-likeness (QED) is 0.802. The number of rotatable bonds is 6. The highest BCUT2D eigenvalue weighted by Gasteiger charge is 2.38. The first-order chi connectivity index (χ1) is 8.72. The molecular formula is C17H25N. The van der Waals surface area contributed by atoms with E-state index in [4.69, 9.17) is 0 Å². The fourth-order valence-electron chi connectivity index (χ4n) is 2.86. The third-order valence-electron chi connectivity index (χ3n) is 4.22. The minimum Gasteiger partial charge on any atom is -0.314 e. The van der Waals surface area contributed by atoms with E-state index < -0.39 is 0 Å². The van der Waals surface area contributed by atoms with Crippen LogP contribution >= 0.6 is 0 Å². The second-order valence-corrected chi connectivity index (χ2v) is 6.62. The van der Waals surface area contributed by atoms with Gasteiger partial charge >= 0.3 is 0 Å². The van der Waals surface area contributed by atoms with Gasteiger partial charge in [-0.15, -0.1) is 0 Å². The van der Waals surface area contributed by atoms with Crippen molar-refractivity contribution >= 4 is 0 Å². The molecule has 0 amide bonds. The van der Waals surface area contributed by atoms with E-state index in [9.17, 15) is 0 Å². The average Bonchev–Trinajstić information content (AvgIpc) is 3.22. The molecule has 1 aromatic carbocycles. The van der Waals surface area contributed by atoms with E-state index in [1.807, 2.05) is 0 Å². The lowest BCUT2D eigenvalue weighted by Crippen LogP contribution is -2.19. The van der Waals surface area contributed by atoms with Crippen molar-refractivity contribution in [1.82, 2.24) is 5.32 Å². The van der Waals surface area contributed by atoms with Crippen molar-refractivity contribution in [2.45, 2.75) is 51.5 Å². The summed E-state index contributed by atoms with van der Waals surface area (Å²) in [5.74, 6) is 2.50. The van der Waals surface area contributed by atoms with Gasteiger partial charge in [-0.3, -0.25) is 0 Å². The van der Waals surface area contributed by atoms with E-state index in [1.165, 1.54) is 37.8 Å². The van der Waals surface area contributed by atoms with Gasteiger partial charge in [-0.05, 0) is 61.1 Å². The third kappa shape index (κ3) is 3.14. The summed E-state index contributed by atoms with van der Waals surface area (Å²) in [5.41, 5.74) is 3.05. The maximum absolute atomic E-state index is 3.66. The molecule has 1 N–H and O–H groups in total. The normalized spacial score (nSPS) is 26.6. The lowest BCUT2D eigenvalue weighted by atomic mass is 10.00. The van der Waals surface area contributed by atoms with Gasteiger partial charge in [0.1, 0.15) is 0 Å². The molecule has 2 saturated carbocycles. The molecule has 1 heteroatoms. The standard InChI is InChI=1S/C17H25N/c1-12(2)9-13-3-5-14(6-4-13)17-10-15(17)11-18-16-7-8-16/h3-6,12,15-18H,7-11H2,1-2H3. The van der Waals surface area contributed by atoms with Gasteiger partial charge in [0.25, 0.3) is 0 Å². The Morgan fingerprint density at radius 2 is 1.89 bits per heavy atom. The summed E-state index contributed by atoms with van der Waals surface area (Å²) in [6.45, 7) is 5.81. The number of benzene rings is 1. The highest BCUT2D eigenvalue weighted by Crippen LogP contribution is 2.47. The van der Waals surface area contributed by atoms with Gasteiger partial charge in [0.05, 0.1) is 0 Å². The zero-order chi connectivity index (χ0) is 12.5. The molecule has 2 fully saturated rings. The molecule has 1 nitrogen and oxygen atoms in total. The average molecular weight is 243 g/mol. The van der Waals surface area contributed by atoms with Gasteiger partial charge in [0.2, 0.25) is 0 Å². The maximum atomic E-state index is 3.66. The third-order valence-corrected chi connectivity index (χ3v) is 4.22. The Bertz CT molecular complexity index is 389. The molecule has 3 rings (SSSR count). The Morgan fingerprint density at radius 1 is 1.17 bits per heavy atom. The van der Waals surface area contributed by atoms with Crippen molar-refractivity contribution in [2.24, 2.45) is 11.8 Å². The van der Waals surface area contributed by atoms with E-state index in [0.29, 0.717) is 0 Å². The highest BCUT2D eigenvalue weighted by molar-refractivity contribution is 5.29. The van der Waals surface area contributed by atoms with Crippen LogP contribution in [0.2, 0.25) is 0 Å². The van der Waals surface area contributed by atoms with E-state index in [1.54, 1.807) is 5.56 Å². The van der Waals surface area contributed by atoms with Crippen molar-refractivity contribution in [3.63, 3.8) is 0 Å². The van der Waals surface area contributed by atoms with Crippen molar-refractivity contribution in [1.29, 1.82) is 0 Å². The molecular weight excluding hydrogens is 218 g/mol. The van der Waals surface area contributed by atoms with Crippen molar-refractivity contribution in [3.05, 3.63) is 35.4 Å². The van der Waals surface area contributed by atoms with Gasteiger partial charge in [-0.25, -0.2) is 0 Å². The van der Waals surface area contributed by atoms with Crippen LogP contribution < -0.4 is 5.32 Å². The lowest BCUT2D eigenvalue weighted by molar-refractivity contribution is 0.623. The Labute approximate surface area is 111 Å². The first-order valence-electron chi connectivity index (χ1n) is 7.54. The minimum atomic E-state index is 0.757. The number of hydrogen-bond acceptors (Lipinski definition) is 1. The molecule has 1 aromatic rings. The van der Waals surface area contributed by atoms with Crippen molar-refractivity contribution < 1.29 is 0 Å². The molecule has 2 unspecified atom stereocenters. The molecule has 0 heterocycles. The summed E-state index contributed by atoms with van der Waals surface area (Å²) in [4.78, 5) is 0. The molecule has 0 aromatic heterocycles. The monoisotopic (exact) mass is 243 g/mol. The van der Waals surface area contributed by atoms with Gasteiger partial charge in [0.15, 0.2) is 0 Å². The van der Waals surface area contributed by atoms with Crippen LogP contribution in [0.1, 0.15) is 50.2 Å². The highest BCUT2D eigenvalue weighted by atomic mass is 15.0. The van der Waals surface area contributed by atoms with Crippen LogP contribution in [0.4, 0.5) is 0 Å². The van der Waals surface area contributed by atoms with E-state index in [-0.39, 0.29) is 0 Å². The van der Waals surface area contributed by atoms with Crippen LogP contribution in [0.5, 0.6) is 0 Å². The molecule has 98 valence electrons. The lowest BCUT2D eigenvalue weighted by Gasteiger charge is -2.07. The summed E-state index contributed by atoms with van der Waals surface area (Å²) in [6.07, 6.45) is 5.41.